The van der Waals surface area contributed by atoms with Crippen molar-refractivity contribution < 1.29 is 61.9 Å². The first kappa shape index (κ1) is 38.3. The van der Waals surface area contributed by atoms with Crippen LogP contribution in [0, 0.1) is 0 Å². The average molecular weight is 719 g/mol. The van der Waals surface area contributed by atoms with E-state index in [1.807, 2.05) is 83.1 Å². The van der Waals surface area contributed by atoms with Crippen LogP contribution in [0.1, 0.15) is 58.6 Å². The van der Waals surface area contributed by atoms with Gasteiger partial charge in [0.1, 0.15) is 42.0 Å². The molecule has 4 aliphatic rings. The number of aliphatic hydroxyl groups is 1. The zero-order valence-electron chi connectivity index (χ0n) is 30.8. The zero-order valence-corrected chi connectivity index (χ0v) is 30.8. The third-order valence-electron chi connectivity index (χ3n) is 9.90. The summed E-state index contributed by atoms with van der Waals surface area (Å²) in [6.07, 6.45) is -6.40. The summed E-state index contributed by atoms with van der Waals surface area (Å²) in [5.74, 6) is 0.701. The minimum absolute atomic E-state index is 0.218. The summed E-state index contributed by atoms with van der Waals surface area (Å²) >= 11 is 0. The molecule has 0 amide bonds. The van der Waals surface area contributed by atoms with Crippen molar-refractivity contribution in [3.8, 4) is 11.5 Å². The molecule has 4 aliphatic heterocycles. The maximum atomic E-state index is 11.2. The second-order valence-electron chi connectivity index (χ2n) is 14.1. The minimum Gasteiger partial charge on any atom is -0.497 e. The van der Waals surface area contributed by atoms with Crippen molar-refractivity contribution in [2.45, 2.75) is 146 Å². The maximum Gasteiger partial charge on any atom is 0.186 e. The van der Waals surface area contributed by atoms with Gasteiger partial charge in [0.15, 0.2) is 24.7 Å². The number of methoxy groups -OCH3 is 3. The molecule has 13 nitrogen and oxygen atoms in total. The van der Waals surface area contributed by atoms with Crippen LogP contribution in [0.25, 0.3) is 0 Å². The van der Waals surface area contributed by atoms with E-state index >= 15 is 0 Å². The van der Waals surface area contributed by atoms with Gasteiger partial charge < -0.3 is 61.9 Å². The van der Waals surface area contributed by atoms with Gasteiger partial charge in [-0.25, -0.2) is 0 Å². The quantitative estimate of drug-likeness (QED) is 0.313. The summed E-state index contributed by atoms with van der Waals surface area (Å²) in [7, 11) is 4.85. The van der Waals surface area contributed by atoms with Crippen LogP contribution in [0.5, 0.6) is 11.5 Å². The summed E-state index contributed by atoms with van der Waals surface area (Å²) < 4.78 is 73.4. The Morgan fingerprint density at radius 3 is 1.71 bits per heavy atom. The molecular weight excluding hydrogens is 664 g/mol. The fourth-order valence-corrected chi connectivity index (χ4v) is 7.30. The molecule has 2 aromatic rings. The molecule has 0 unspecified atom stereocenters. The fourth-order valence-electron chi connectivity index (χ4n) is 7.30. The molecule has 1 N–H and O–H groups in total. The molecule has 13 atom stereocenters. The third kappa shape index (κ3) is 9.22. The van der Waals surface area contributed by atoms with Crippen molar-refractivity contribution in [2.24, 2.45) is 0 Å². The molecule has 0 saturated carbocycles. The summed E-state index contributed by atoms with van der Waals surface area (Å²) in [6.45, 7) is 10.1. The molecule has 284 valence electrons. The van der Waals surface area contributed by atoms with Crippen molar-refractivity contribution >= 4 is 0 Å². The first-order valence-corrected chi connectivity index (χ1v) is 17.8. The highest BCUT2D eigenvalue weighted by molar-refractivity contribution is 5.27. The normalized spacial score (nSPS) is 37.9. The van der Waals surface area contributed by atoms with Crippen LogP contribution < -0.4 is 9.47 Å². The minimum atomic E-state index is -0.833. The molecule has 4 fully saturated rings. The lowest BCUT2D eigenvalue weighted by molar-refractivity contribution is -0.338. The summed E-state index contributed by atoms with van der Waals surface area (Å²) in [4.78, 5) is 0. The maximum absolute atomic E-state index is 11.2. The van der Waals surface area contributed by atoms with Gasteiger partial charge in [0.25, 0.3) is 0 Å². The summed E-state index contributed by atoms with van der Waals surface area (Å²) in [5, 5.41) is 11.2. The molecule has 0 bridgehead atoms. The molecular formula is C38H54O13. The largest absolute Gasteiger partial charge is 0.497 e. The van der Waals surface area contributed by atoms with E-state index in [1.165, 1.54) is 0 Å². The van der Waals surface area contributed by atoms with Crippen LogP contribution in [0.4, 0.5) is 0 Å². The standard InChI is InChI=1S/C38H54O13/c1-21-32(43-19-24-9-13-26(40-6)14-10-24)28(39)17-30(45-21)48-29-18-31(46-22(2)33(29)44-20-25-11-15-27(41-7)16-12-25)49-34-23(3)47-37(42-8)36-35(34)50-38(4,5)51-36/h9-16,21-23,28-37,39H,17-20H2,1-8H3/t21-,22-,23+,28+,29-,30-,31+,32-,33-,34+,35-,36-,37-/m1/s1. The number of hydrogen-bond acceptors (Lipinski definition) is 13. The molecule has 51 heavy (non-hydrogen) atoms. The lowest BCUT2D eigenvalue weighted by atomic mass is 9.98. The van der Waals surface area contributed by atoms with Crippen LogP contribution in [0.15, 0.2) is 48.5 Å². The molecule has 4 heterocycles. The highest BCUT2D eigenvalue weighted by Crippen LogP contribution is 2.40. The number of ether oxygens (including phenoxy) is 12. The van der Waals surface area contributed by atoms with Gasteiger partial charge >= 0.3 is 0 Å². The van der Waals surface area contributed by atoms with Crippen LogP contribution in [0.2, 0.25) is 0 Å². The molecule has 0 spiro atoms. The third-order valence-corrected chi connectivity index (χ3v) is 9.90. The van der Waals surface area contributed by atoms with Gasteiger partial charge in [0, 0.05) is 20.0 Å². The molecule has 4 saturated heterocycles. The lowest BCUT2D eigenvalue weighted by Crippen LogP contribution is -2.59. The van der Waals surface area contributed by atoms with Crippen LogP contribution >= 0.6 is 0 Å². The van der Waals surface area contributed by atoms with Crippen LogP contribution in [-0.2, 0) is 60.6 Å². The van der Waals surface area contributed by atoms with E-state index in [2.05, 4.69) is 0 Å². The number of benzene rings is 2. The molecule has 0 aromatic heterocycles. The van der Waals surface area contributed by atoms with E-state index in [0.29, 0.717) is 19.6 Å². The Labute approximate surface area is 300 Å². The van der Waals surface area contributed by atoms with E-state index in [-0.39, 0.29) is 12.5 Å². The first-order chi connectivity index (χ1) is 24.5. The molecule has 13 heteroatoms. The monoisotopic (exact) mass is 718 g/mol. The molecule has 0 aliphatic carbocycles. The Morgan fingerprint density at radius 1 is 0.647 bits per heavy atom. The van der Waals surface area contributed by atoms with Gasteiger partial charge in [-0.2, -0.15) is 0 Å². The summed E-state index contributed by atoms with van der Waals surface area (Å²) in [5.41, 5.74) is 1.94. The molecule has 6 rings (SSSR count). The Kier molecular flexibility index (Phi) is 12.6. The zero-order chi connectivity index (χ0) is 36.3. The van der Waals surface area contributed by atoms with E-state index in [1.54, 1.807) is 21.3 Å². The van der Waals surface area contributed by atoms with Crippen molar-refractivity contribution in [3.63, 3.8) is 0 Å². The van der Waals surface area contributed by atoms with Crippen molar-refractivity contribution in [3.05, 3.63) is 59.7 Å². The Bertz CT molecular complexity index is 1360. The fraction of sp³-hybridized carbons (Fsp3) is 0.684. The molecule has 0 radical (unpaired) electrons. The van der Waals surface area contributed by atoms with Crippen LogP contribution in [0.3, 0.4) is 0 Å². The predicted molar refractivity (Wildman–Crippen MR) is 182 cm³/mol. The summed E-state index contributed by atoms with van der Waals surface area (Å²) in [6, 6.07) is 15.3. The smallest absolute Gasteiger partial charge is 0.186 e. The Balaban J connectivity index is 1.13. The second-order valence-corrected chi connectivity index (χ2v) is 14.1. The van der Waals surface area contributed by atoms with Gasteiger partial charge in [-0.15, -0.1) is 0 Å². The number of aliphatic hydroxyl groups excluding tert-OH is 1. The molecule has 2 aromatic carbocycles. The van der Waals surface area contributed by atoms with Gasteiger partial charge in [-0.3, -0.25) is 0 Å². The average Bonchev–Trinajstić information content (AvgIpc) is 3.44. The van der Waals surface area contributed by atoms with Crippen molar-refractivity contribution in [1.82, 2.24) is 0 Å². The number of fused-ring (bicyclic) bond motifs is 1. The van der Waals surface area contributed by atoms with Gasteiger partial charge in [0.2, 0.25) is 0 Å². The van der Waals surface area contributed by atoms with Gasteiger partial charge in [-0.1, -0.05) is 24.3 Å². The lowest BCUT2D eigenvalue weighted by Gasteiger charge is -2.46. The van der Waals surface area contributed by atoms with Crippen molar-refractivity contribution in [2.75, 3.05) is 21.3 Å². The van der Waals surface area contributed by atoms with Crippen LogP contribution in [-0.4, -0.2) is 112 Å². The number of rotatable bonds is 13. The first-order valence-electron chi connectivity index (χ1n) is 17.8. The van der Waals surface area contributed by atoms with Gasteiger partial charge in [0.05, 0.1) is 58.0 Å². The van der Waals surface area contributed by atoms with E-state index in [4.69, 9.17) is 56.8 Å². The highest BCUT2D eigenvalue weighted by Gasteiger charge is 2.56. The van der Waals surface area contributed by atoms with E-state index in [9.17, 15) is 5.11 Å². The SMILES string of the molecule is COc1ccc(CO[C@@H]2[C@@H](C)O[C@@H](O[C@@H]3[C@H]4OC(C)(C)O[C@H]4[C@H](OC)O[C@H]3C)C[C@H]2O[C@@H]2C[C@H](O)[C@H](OCc3ccc(OC)cc3)[C@@H](C)O2)cc1. The van der Waals surface area contributed by atoms with E-state index in [0.717, 1.165) is 22.6 Å². The topological polar surface area (TPSA) is 131 Å². The van der Waals surface area contributed by atoms with E-state index < -0.39 is 79.6 Å². The predicted octanol–water partition coefficient (Wildman–Crippen LogP) is 4.49. The highest BCUT2D eigenvalue weighted by atomic mass is 16.8. The second kappa shape index (κ2) is 16.7. The Morgan fingerprint density at radius 2 is 1.16 bits per heavy atom. The number of hydrogen-bond donors (Lipinski definition) is 1. The van der Waals surface area contributed by atoms with Gasteiger partial charge in [-0.05, 0) is 70.0 Å². The van der Waals surface area contributed by atoms with Crippen molar-refractivity contribution in [1.29, 1.82) is 0 Å². The Hall–Kier alpha value is -2.40.